The van der Waals surface area contributed by atoms with Crippen molar-refractivity contribution < 1.29 is 0 Å². The molecule has 1 aromatic carbocycles. The second-order valence-electron chi connectivity index (χ2n) is 4.07. The summed E-state index contributed by atoms with van der Waals surface area (Å²) in [6.45, 7) is 3.53. The molecule has 17 heavy (non-hydrogen) atoms. The van der Waals surface area contributed by atoms with Gasteiger partial charge in [0, 0.05) is 23.6 Å². The number of halogens is 1. The number of nitrogens with two attached hydrogens (primary N) is 1. The zero-order valence-corrected chi connectivity index (χ0v) is 11.4. The van der Waals surface area contributed by atoms with E-state index in [1.54, 1.807) is 0 Å². The molecule has 90 valence electrons. The molecule has 2 N–H and O–H groups in total. The van der Waals surface area contributed by atoms with Crippen LogP contribution in [0, 0.1) is 6.92 Å². The molecule has 0 aliphatic carbocycles. The van der Waals surface area contributed by atoms with Crippen molar-refractivity contribution in [3.05, 3.63) is 52.0 Å². The van der Waals surface area contributed by atoms with Crippen LogP contribution in [-0.4, -0.2) is 16.1 Å². The first-order chi connectivity index (χ1) is 8.19. The van der Waals surface area contributed by atoms with Crippen LogP contribution in [0.25, 0.3) is 0 Å². The molecule has 3 nitrogen and oxygen atoms in total. The van der Waals surface area contributed by atoms with E-state index in [2.05, 4.69) is 55.9 Å². The van der Waals surface area contributed by atoms with E-state index >= 15 is 0 Å². The predicted molar refractivity (Wildman–Crippen MR) is 73.0 cm³/mol. The van der Waals surface area contributed by atoms with E-state index in [1.165, 1.54) is 5.56 Å². The van der Waals surface area contributed by atoms with E-state index in [9.17, 15) is 0 Å². The van der Waals surface area contributed by atoms with Gasteiger partial charge in [-0.05, 0) is 31.2 Å². The van der Waals surface area contributed by atoms with Crippen molar-refractivity contribution in [3.63, 3.8) is 0 Å². The molecule has 1 aromatic heterocycles. The van der Waals surface area contributed by atoms with Crippen LogP contribution in [-0.2, 0) is 13.0 Å². The van der Waals surface area contributed by atoms with Gasteiger partial charge < -0.3 is 10.3 Å². The highest BCUT2D eigenvalue weighted by molar-refractivity contribution is 9.10. The Hall–Kier alpha value is -1.13. The Labute approximate surface area is 110 Å². The third-order valence-electron chi connectivity index (χ3n) is 2.69. The number of nitrogens with zero attached hydrogens (tertiary/aromatic N) is 2. The second-order valence-corrected chi connectivity index (χ2v) is 4.99. The van der Waals surface area contributed by atoms with Gasteiger partial charge in [-0.15, -0.1) is 0 Å². The summed E-state index contributed by atoms with van der Waals surface area (Å²) in [6.07, 6.45) is 2.93. The normalized spacial score (nSPS) is 10.8. The topological polar surface area (TPSA) is 43.8 Å². The lowest BCUT2D eigenvalue weighted by Crippen LogP contribution is -2.02. The monoisotopic (exact) mass is 293 g/mol. The van der Waals surface area contributed by atoms with E-state index in [-0.39, 0.29) is 0 Å². The highest BCUT2D eigenvalue weighted by Crippen LogP contribution is 2.13. The van der Waals surface area contributed by atoms with Gasteiger partial charge >= 0.3 is 0 Å². The van der Waals surface area contributed by atoms with Crippen LogP contribution in [0.3, 0.4) is 0 Å². The van der Waals surface area contributed by atoms with Crippen LogP contribution >= 0.6 is 15.9 Å². The van der Waals surface area contributed by atoms with Crippen molar-refractivity contribution >= 4 is 15.9 Å². The first-order valence-corrected chi connectivity index (χ1v) is 6.45. The summed E-state index contributed by atoms with van der Waals surface area (Å²) >= 11 is 3.44. The molecule has 0 atom stereocenters. The van der Waals surface area contributed by atoms with Gasteiger partial charge in [-0.3, -0.25) is 0 Å². The van der Waals surface area contributed by atoms with Gasteiger partial charge in [0.15, 0.2) is 0 Å². The maximum Gasteiger partial charge on any atom is 0.106 e. The minimum absolute atomic E-state index is 0.648. The van der Waals surface area contributed by atoms with Gasteiger partial charge in [0.05, 0.1) is 5.69 Å². The van der Waals surface area contributed by atoms with Gasteiger partial charge in [-0.25, -0.2) is 4.98 Å². The van der Waals surface area contributed by atoms with Gasteiger partial charge in [0.2, 0.25) is 0 Å². The van der Waals surface area contributed by atoms with Gasteiger partial charge in [0.25, 0.3) is 0 Å². The quantitative estimate of drug-likeness (QED) is 0.941. The Kier molecular flexibility index (Phi) is 3.97. The molecule has 0 radical (unpaired) electrons. The third-order valence-corrected chi connectivity index (χ3v) is 3.22. The number of hydrogen-bond acceptors (Lipinski definition) is 2. The summed E-state index contributed by atoms with van der Waals surface area (Å²) in [4.78, 5) is 4.49. The molecule has 0 spiro atoms. The Bertz CT molecular complexity index is 488. The summed E-state index contributed by atoms with van der Waals surface area (Å²) in [7, 11) is 0. The molecule has 0 bridgehead atoms. The van der Waals surface area contributed by atoms with Crippen molar-refractivity contribution in [1.82, 2.24) is 9.55 Å². The lowest BCUT2D eigenvalue weighted by Gasteiger charge is -2.04. The minimum Gasteiger partial charge on any atom is -0.330 e. The molecule has 0 saturated heterocycles. The van der Waals surface area contributed by atoms with Crippen LogP contribution in [0.15, 0.2) is 34.9 Å². The molecular formula is C13H16BrN3. The van der Waals surface area contributed by atoms with Crippen molar-refractivity contribution in [2.45, 2.75) is 19.9 Å². The fourth-order valence-electron chi connectivity index (χ4n) is 1.79. The summed E-state index contributed by atoms with van der Waals surface area (Å²) < 4.78 is 3.27. The predicted octanol–water partition coefficient (Wildman–Crippen LogP) is 2.50. The van der Waals surface area contributed by atoms with E-state index in [0.717, 1.165) is 29.0 Å². The third kappa shape index (κ3) is 3.17. The molecule has 1 heterocycles. The van der Waals surface area contributed by atoms with Crippen LogP contribution in [0.1, 0.15) is 17.1 Å². The molecule has 0 aliphatic rings. The Morgan fingerprint density at radius 3 is 2.65 bits per heavy atom. The smallest absolute Gasteiger partial charge is 0.106 e. The average molecular weight is 294 g/mol. The minimum atomic E-state index is 0.648. The fraction of sp³-hybridized carbons (Fsp3) is 0.308. The summed E-state index contributed by atoms with van der Waals surface area (Å²) in [5, 5.41) is 0. The number of rotatable bonds is 4. The maximum absolute atomic E-state index is 5.53. The van der Waals surface area contributed by atoms with Crippen LogP contribution in [0.2, 0.25) is 0 Å². The first kappa shape index (κ1) is 12.3. The number of aromatic nitrogens is 2. The SMILES string of the molecule is Cc1nc(CCN)cn1Cc1ccc(Br)cc1. The van der Waals surface area contributed by atoms with Crippen molar-refractivity contribution in [2.24, 2.45) is 5.73 Å². The highest BCUT2D eigenvalue weighted by Gasteiger charge is 2.04. The Morgan fingerprint density at radius 1 is 1.29 bits per heavy atom. The highest BCUT2D eigenvalue weighted by atomic mass is 79.9. The summed E-state index contributed by atoms with van der Waals surface area (Å²) in [6, 6.07) is 8.35. The van der Waals surface area contributed by atoms with E-state index in [4.69, 9.17) is 5.73 Å². The summed E-state index contributed by atoms with van der Waals surface area (Å²) in [5.74, 6) is 1.04. The van der Waals surface area contributed by atoms with E-state index in [0.29, 0.717) is 6.54 Å². The van der Waals surface area contributed by atoms with E-state index in [1.807, 2.05) is 6.92 Å². The molecule has 2 rings (SSSR count). The van der Waals surface area contributed by atoms with Gasteiger partial charge in [-0.2, -0.15) is 0 Å². The molecule has 0 amide bonds. The van der Waals surface area contributed by atoms with E-state index < -0.39 is 0 Å². The van der Waals surface area contributed by atoms with Gasteiger partial charge in [0.1, 0.15) is 5.82 Å². The van der Waals surface area contributed by atoms with Crippen molar-refractivity contribution in [3.8, 4) is 0 Å². The Balaban J connectivity index is 2.15. The largest absolute Gasteiger partial charge is 0.330 e. The number of benzene rings is 1. The number of aryl methyl sites for hydroxylation is 1. The van der Waals surface area contributed by atoms with Crippen molar-refractivity contribution in [1.29, 1.82) is 0 Å². The van der Waals surface area contributed by atoms with Crippen molar-refractivity contribution in [2.75, 3.05) is 6.54 Å². The zero-order chi connectivity index (χ0) is 12.3. The zero-order valence-electron chi connectivity index (χ0n) is 9.86. The lowest BCUT2D eigenvalue weighted by atomic mass is 10.2. The standard InChI is InChI=1S/C13H16BrN3/c1-10-16-13(6-7-15)9-17(10)8-11-2-4-12(14)5-3-11/h2-5,9H,6-8,15H2,1H3. The molecule has 0 fully saturated rings. The number of imidazole rings is 1. The van der Waals surface area contributed by atoms with Crippen LogP contribution < -0.4 is 5.73 Å². The first-order valence-electron chi connectivity index (χ1n) is 5.66. The van der Waals surface area contributed by atoms with Crippen LogP contribution in [0.5, 0.6) is 0 Å². The molecule has 0 unspecified atom stereocenters. The maximum atomic E-state index is 5.53. The molecule has 0 aliphatic heterocycles. The molecular weight excluding hydrogens is 278 g/mol. The fourth-order valence-corrected chi connectivity index (χ4v) is 2.05. The molecule has 4 heteroatoms. The second kappa shape index (κ2) is 5.47. The molecule has 0 saturated carbocycles. The average Bonchev–Trinajstić information content (AvgIpc) is 2.63. The Morgan fingerprint density at radius 2 is 2.00 bits per heavy atom. The summed E-state index contributed by atoms with van der Waals surface area (Å²) in [5.41, 5.74) is 7.88. The number of hydrogen-bond donors (Lipinski definition) is 1. The molecule has 2 aromatic rings. The lowest BCUT2D eigenvalue weighted by molar-refractivity contribution is 0.761. The van der Waals surface area contributed by atoms with Crippen LogP contribution in [0.4, 0.5) is 0 Å². The van der Waals surface area contributed by atoms with Gasteiger partial charge in [-0.1, -0.05) is 28.1 Å².